The van der Waals surface area contributed by atoms with E-state index in [0.717, 1.165) is 43.2 Å². The standard InChI is InChI=1S/C20H25N3O2/c1-20(2,3)16-6-4-5-7-17(16)22-19(24)18-9-8-15(14-21-18)23-10-12-25-13-11-23/h4-9,14H,10-13H2,1-3H3,(H,22,24). The third kappa shape index (κ3) is 4.17. The van der Waals surface area contributed by atoms with E-state index in [9.17, 15) is 4.79 Å². The fourth-order valence-corrected chi connectivity index (χ4v) is 2.96. The van der Waals surface area contributed by atoms with E-state index >= 15 is 0 Å². The molecule has 1 aliphatic rings. The van der Waals surface area contributed by atoms with Crippen LogP contribution < -0.4 is 10.2 Å². The van der Waals surface area contributed by atoms with E-state index < -0.39 is 0 Å². The third-order valence-corrected chi connectivity index (χ3v) is 4.34. The molecule has 0 bridgehead atoms. The highest BCUT2D eigenvalue weighted by Crippen LogP contribution is 2.29. The molecule has 1 fully saturated rings. The number of carbonyl (C=O) groups excluding carboxylic acids is 1. The topological polar surface area (TPSA) is 54.5 Å². The summed E-state index contributed by atoms with van der Waals surface area (Å²) in [5.41, 5.74) is 3.33. The van der Waals surface area contributed by atoms with Gasteiger partial charge in [0.2, 0.25) is 0 Å². The Kier molecular flexibility index (Phi) is 5.04. The molecule has 0 unspecified atom stereocenters. The van der Waals surface area contributed by atoms with Crippen LogP contribution in [0.1, 0.15) is 36.8 Å². The number of hydrogen-bond donors (Lipinski definition) is 1. The first kappa shape index (κ1) is 17.4. The monoisotopic (exact) mass is 339 g/mol. The molecule has 132 valence electrons. The Morgan fingerprint density at radius 1 is 1.12 bits per heavy atom. The minimum atomic E-state index is -0.190. The summed E-state index contributed by atoms with van der Waals surface area (Å²) in [5.74, 6) is -0.190. The van der Waals surface area contributed by atoms with Crippen LogP contribution in [0.4, 0.5) is 11.4 Å². The van der Waals surface area contributed by atoms with Gasteiger partial charge in [0.15, 0.2) is 0 Å². The van der Waals surface area contributed by atoms with Gasteiger partial charge in [-0.15, -0.1) is 0 Å². The lowest BCUT2D eigenvalue weighted by Crippen LogP contribution is -2.36. The molecule has 1 N–H and O–H groups in total. The van der Waals surface area contributed by atoms with Crippen LogP contribution in [0.3, 0.4) is 0 Å². The molecule has 1 amide bonds. The van der Waals surface area contributed by atoms with Crippen LogP contribution in [-0.2, 0) is 10.2 Å². The van der Waals surface area contributed by atoms with Crippen LogP contribution in [0.2, 0.25) is 0 Å². The maximum atomic E-state index is 12.6. The molecule has 0 saturated carbocycles. The molecular weight excluding hydrogens is 314 g/mol. The van der Waals surface area contributed by atoms with Crippen molar-refractivity contribution in [2.24, 2.45) is 0 Å². The predicted octanol–water partition coefficient (Wildman–Crippen LogP) is 3.47. The molecule has 25 heavy (non-hydrogen) atoms. The number of nitrogens with zero attached hydrogens (tertiary/aromatic N) is 2. The van der Waals surface area contributed by atoms with Crippen molar-refractivity contribution < 1.29 is 9.53 Å². The summed E-state index contributed by atoms with van der Waals surface area (Å²) in [6.07, 6.45) is 1.76. The predicted molar refractivity (Wildman–Crippen MR) is 100 cm³/mol. The Morgan fingerprint density at radius 2 is 1.84 bits per heavy atom. The first-order valence-electron chi connectivity index (χ1n) is 8.65. The lowest BCUT2D eigenvalue weighted by Gasteiger charge is -2.28. The fraction of sp³-hybridized carbons (Fsp3) is 0.400. The van der Waals surface area contributed by atoms with Crippen molar-refractivity contribution in [1.82, 2.24) is 4.98 Å². The summed E-state index contributed by atoms with van der Waals surface area (Å²) >= 11 is 0. The van der Waals surface area contributed by atoms with Gasteiger partial charge in [0.25, 0.3) is 5.91 Å². The van der Waals surface area contributed by atoms with Crippen molar-refractivity contribution in [3.05, 3.63) is 53.9 Å². The number of rotatable bonds is 3. The van der Waals surface area contributed by atoms with Gasteiger partial charge in [-0.3, -0.25) is 4.79 Å². The Labute approximate surface area is 149 Å². The van der Waals surface area contributed by atoms with Crippen molar-refractivity contribution in [2.75, 3.05) is 36.5 Å². The summed E-state index contributed by atoms with van der Waals surface area (Å²) < 4.78 is 5.36. The van der Waals surface area contributed by atoms with E-state index in [2.05, 4.69) is 36.0 Å². The molecule has 0 spiro atoms. The van der Waals surface area contributed by atoms with Crippen molar-refractivity contribution in [2.45, 2.75) is 26.2 Å². The normalized spacial score (nSPS) is 15.1. The Bertz CT molecular complexity index is 729. The first-order chi connectivity index (χ1) is 11.9. The highest BCUT2D eigenvalue weighted by Gasteiger charge is 2.19. The molecule has 2 heterocycles. The van der Waals surface area contributed by atoms with E-state index in [0.29, 0.717) is 5.69 Å². The lowest BCUT2D eigenvalue weighted by atomic mass is 9.86. The molecule has 2 aromatic rings. The number of para-hydroxylation sites is 1. The van der Waals surface area contributed by atoms with E-state index in [1.807, 2.05) is 30.3 Å². The number of hydrogen-bond acceptors (Lipinski definition) is 4. The quantitative estimate of drug-likeness (QED) is 0.930. The maximum absolute atomic E-state index is 12.6. The number of pyridine rings is 1. The van der Waals surface area contributed by atoms with Gasteiger partial charge < -0.3 is 15.0 Å². The largest absolute Gasteiger partial charge is 0.378 e. The van der Waals surface area contributed by atoms with Crippen LogP contribution in [0.5, 0.6) is 0 Å². The number of carbonyl (C=O) groups is 1. The Morgan fingerprint density at radius 3 is 2.48 bits per heavy atom. The van der Waals surface area contributed by atoms with Crippen LogP contribution in [0.25, 0.3) is 0 Å². The summed E-state index contributed by atoms with van der Waals surface area (Å²) in [6.45, 7) is 9.56. The molecule has 5 nitrogen and oxygen atoms in total. The number of ether oxygens (including phenoxy) is 1. The van der Waals surface area contributed by atoms with Gasteiger partial charge >= 0.3 is 0 Å². The summed E-state index contributed by atoms with van der Waals surface area (Å²) in [6, 6.07) is 11.6. The van der Waals surface area contributed by atoms with Crippen molar-refractivity contribution in [3.63, 3.8) is 0 Å². The number of aromatic nitrogens is 1. The molecule has 0 aliphatic carbocycles. The van der Waals surface area contributed by atoms with Gasteiger partial charge in [-0.25, -0.2) is 4.98 Å². The van der Waals surface area contributed by atoms with E-state index in [-0.39, 0.29) is 11.3 Å². The zero-order chi connectivity index (χ0) is 17.9. The van der Waals surface area contributed by atoms with Crippen LogP contribution in [0.15, 0.2) is 42.6 Å². The molecule has 1 aliphatic heterocycles. The number of benzene rings is 1. The minimum absolute atomic E-state index is 0.0442. The van der Waals surface area contributed by atoms with Gasteiger partial charge in [-0.2, -0.15) is 0 Å². The number of anilines is 2. The number of morpholine rings is 1. The molecule has 3 rings (SSSR count). The third-order valence-electron chi connectivity index (χ3n) is 4.34. The molecule has 5 heteroatoms. The van der Waals surface area contributed by atoms with Crippen molar-refractivity contribution in [1.29, 1.82) is 0 Å². The van der Waals surface area contributed by atoms with Gasteiger partial charge in [0.05, 0.1) is 25.1 Å². The molecule has 0 atom stereocenters. The average Bonchev–Trinajstić information content (AvgIpc) is 2.62. The molecular formula is C20H25N3O2. The van der Waals surface area contributed by atoms with Gasteiger partial charge in [0.1, 0.15) is 5.69 Å². The zero-order valence-electron chi connectivity index (χ0n) is 15.1. The van der Waals surface area contributed by atoms with E-state index in [4.69, 9.17) is 4.74 Å². The second-order valence-corrected chi connectivity index (χ2v) is 7.25. The molecule has 0 radical (unpaired) electrons. The summed E-state index contributed by atoms with van der Waals surface area (Å²) in [7, 11) is 0. The lowest BCUT2D eigenvalue weighted by molar-refractivity contribution is 0.102. The minimum Gasteiger partial charge on any atom is -0.378 e. The SMILES string of the molecule is CC(C)(C)c1ccccc1NC(=O)c1ccc(N2CCOCC2)cn1. The smallest absolute Gasteiger partial charge is 0.274 e. The fourth-order valence-electron chi connectivity index (χ4n) is 2.96. The van der Waals surface area contributed by atoms with Gasteiger partial charge in [0, 0.05) is 18.8 Å². The van der Waals surface area contributed by atoms with E-state index in [1.54, 1.807) is 12.3 Å². The second kappa shape index (κ2) is 7.23. The number of amides is 1. The van der Waals surface area contributed by atoms with Crippen LogP contribution >= 0.6 is 0 Å². The van der Waals surface area contributed by atoms with Crippen LogP contribution in [0, 0.1) is 0 Å². The summed E-state index contributed by atoms with van der Waals surface area (Å²) in [4.78, 5) is 19.1. The van der Waals surface area contributed by atoms with Gasteiger partial charge in [-0.05, 0) is 29.2 Å². The zero-order valence-corrected chi connectivity index (χ0v) is 15.1. The molecule has 1 saturated heterocycles. The van der Waals surface area contributed by atoms with Crippen molar-refractivity contribution in [3.8, 4) is 0 Å². The second-order valence-electron chi connectivity index (χ2n) is 7.25. The summed E-state index contributed by atoms with van der Waals surface area (Å²) in [5, 5.41) is 3.00. The Hall–Kier alpha value is -2.40. The highest BCUT2D eigenvalue weighted by atomic mass is 16.5. The Balaban J connectivity index is 1.74. The average molecular weight is 339 g/mol. The first-order valence-corrected chi connectivity index (χ1v) is 8.65. The van der Waals surface area contributed by atoms with Crippen LogP contribution in [-0.4, -0.2) is 37.2 Å². The molecule has 1 aromatic heterocycles. The van der Waals surface area contributed by atoms with E-state index in [1.165, 1.54) is 0 Å². The van der Waals surface area contributed by atoms with Crippen molar-refractivity contribution >= 4 is 17.3 Å². The number of nitrogens with one attached hydrogen (secondary N) is 1. The molecule has 1 aromatic carbocycles. The highest BCUT2D eigenvalue weighted by molar-refractivity contribution is 6.03. The van der Waals surface area contributed by atoms with Gasteiger partial charge in [-0.1, -0.05) is 39.0 Å². The maximum Gasteiger partial charge on any atom is 0.274 e.